The molecule has 1 N–H and O–H groups in total. The Kier molecular flexibility index (Phi) is 6.16. The molecule has 1 aromatic carbocycles. The molecule has 31 heavy (non-hydrogen) atoms. The molecule has 6 heteroatoms. The molecule has 2 atom stereocenters. The van der Waals surface area contributed by atoms with Crippen LogP contribution >= 0.6 is 0 Å². The summed E-state index contributed by atoms with van der Waals surface area (Å²) in [6, 6.07) is 11.3. The molecule has 2 aliphatic rings. The third-order valence-electron chi connectivity index (χ3n) is 6.66. The topological polar surface area (TPSA) is 79.4 Å². The van der Waals surface area contributed by atoms with Gasteiger partial charge in [0.1, 0.15) is 0 Å². The predicted octanol–water partition coefficient (Wildman–Crippen LogP) is 3.36. The third kappa shape index (κ3) is 4.38. The number of rotatable bonds is 5. The maximum atomic E-state index is 12.9. The van der Waals surface area contributed by atoms with Crippen LogP contribution in [0.15, 0.2) is 42.6 Å². The summed E-state index contributed by atoms with van der Waals surface area (Å²) in [4.78, 5) is 44.1. The van der Waals surface area contributed by atoms with E-state index in [4.69, 9.17) is 0 Å². The second kappa shape index (κ2) is 9.00. The van der Waals surface area contributed by atoms with Crippen molar-refractivity contribution in [2.75, 3.05) is 19.6 Å². The summed E-state index contributed by atoms with van der Waals surface area (Å²) in [5.41, 5.74) is 3.13. The van der Waals surface area contributed by atoms with Crippen LogP contribution in [-0.2, 0) is 4.79 Å². The predicted molar refractivity (Wildman–Crippen MR) is 118 cm³/mol. The summed E-state index contributed by atoms with van der Waals surface area (Å²) in [6.07, 6.45) is 3.83. The van der Waals surface area contributed by atoms with Crippen molar-refractivity contribution in [2.24, 2.45) is 11.8 Å². The highest BCUT2D eigenvalue weighted by Gasteiger charge is 2.36. The van der Waals surface area contributed by atoms with Gasteiger partial charge in [0.2, 0.25) is 5.91 Å². The second-order valence-electron chi connectivity index (χ2n) is 8.66. The van der Waals surface area contributed by atoms with E-state index in [0.717, 1.165) is 23.2 Å². The Labute approximate surface area is 183 Å². The zero-order chi connectivity index (χ0) is 22.0. The van der Waals surface area contributed by atoms with Crippen molar-refractivity contribution >= 4 is 17.6 Å². The number of pyridine rings is 1. The van der Waals surface area contributed by atoms with Gasteiger partial charge in [0.05, 0.1) is 17.2 Å². The van der Waals surface area contributed by atoms with E-state index in [-0.39, 0.29) is 35.4 Å². The molecule has 4 rings (SSSR count). The van der Waals surface area contributed by atoms with E-state index in [9.17, 15) is 14.4 Å². The lowest BCUT2D eigenvalue weighted by atomic mass is 9.88. The summed E-state index contributed by atoms with van der Waals surface area (Å²) in [5, 5.41) is 2.90. The number of carbonyl (C=O) groups excluding carboxylic acids is 3. The lowest BCUT2D eigenvalue weighted by Crippen LogP contribution is -2.40. The first-order valence-electron chi connectivity index (χ1n) is 11.1. The molecule has 6 nitrogen and oxygen atoms in total. The number of hydrogen-bond donors (Lipinski definition) is 1. The van der Waals surface area contributed by atoms with Crippen LogP contribution in [0, 0.1) is 18.8 Å². The first-order chi connectivity index (χ1) is 15.0. The average molecular weight is 420 g/mol. The van der Waals surface area contributed by atoms with Gasteiger partial charge in [-0.1, -0.05) is 43.2 Å². The Balaban J connectivity index is 1.37. The van der Waals surface area contributed by atoms with Gasteiger partial charge in [0.15, 0.2) is 5.78 Å². The van der Waals surface area contributed by atoms with Crippen LogP contribution in [0.4, 0.5) is 0 Å². The van der Waals surface area contributed by atoms with E-state index < -0.39 is 0 Å². The Morgan fingerprint density at radius 2 is 1.74 bits per heavy atom. The van der Waals surface area contributed by atoms with Crippen LogP contribution in [-0.4, -0.2) is 47.1 Å². The number of piperidine rings is 1. The van der Waals surface area contributed by atoms with E-state index in [1.807, 2.05) is 31.2 Å². The number of nitrogens with zero attached hydrogens (tertiary/aromatic N) is 2. The van der Waals surface area contributed by atoms with Gasteiger partial charge >= 0.3 is 0 Å². The maximum Gasteiger partial charge on any atom is 0.255 e. The van der Waals surface area contributed by atoms with E-state index in [0.29, 0.717) is 38.0 Å². The summed E-state index contributed by atoms with van der Waals surface area (Å²) >= 11 is 0. The zero-order valence-electron chi connectivity index (χ0n) is 18.1. The largest absolute Gasteiger partial charge is 0.355 e. The summed E-state index contributed by atoms with van der Waals surface area (Å²) in [5.74, 6) is 0.0730. The standard InChI is InChI=1S/C25H29N3O3/c1-3-17-14-27-24(30)22(17)21-9-8-20(15-26-21)25(31)28-12-10-19(11-13-28)23(29)18-6-4-16(2)5-7-18/h4-9,15,17,19,22H,3,10-14H2,1-2H3,(H,27,30)/t17?,22-/m1/s1. The highest BCUT2D eigenvalue weighted by atomic mass is 16.2. The smallest absolute Gasteiger partial charge is 0.255 e. The molecule has 2 saturated heterocycles. The normalized spacial score (nSPS) is 21.7. The number of aromatic nitrogens is 1. The number of likely N-dealkylation sites (tertiary alicyclic amines) is 1. The van der Waals surface area contributed by atoms with Crippen LogP contribution in [0.2, 0.25) is 0 Å². The van der Waals surface area contributed by atoms with Gasteiger partial charge in [-0.3, -0.25) is 19.4 Å². The number of Topliss-reactive ketones (excluding diaryl/α,β-unsaturated/α-hetero) is 1. The Bertz CT molecular complexity index is 961. The van der Waals surface area contributed by atoms with E-state index in [1.54, 1.807) is 23.2 Å². The monoisotopic (exact) mass is 419 g/mol. The molecule has 1 aromatic heterocycles. The van der Waals surface area contributed by atoms with Crippen LogP contribution in [0.25, 0.3) is 0 Å². The molecule has 2 fully saturated rings. The van der Waals surface area contributed by atoms with Crippen molar-refractivity contribution in [1.82, 2.24) is 15.2 Å². The minimum Gasteiger partial charge on any atom is -0.355 e. The first-order valence-corrected chi connectivity index (χ1v) is 11.1. The molecule has 2 aromatic rings. The van der Waals surface area contributed by atoms with E-state index in [2.05, 4.69) is 17.2 Å². The molecule has 2 amide bonds. The lowest BCUT2D eigenvalue weighted by molar-refractivity contribution is -0.120. The van der Waals surface area contributed by atoms with Crippen molar-refractivity contribution in [2.45, 2.75) is 39.0 Å². The number of hydrogen-bond acceptors (Lipinski definition) is 4. The fourth-order valence-corrected chi connectivity index (χ4v) is 4.63. The highest BCUT2D eigenvalue weighted by molar-refractivity contribution is 5.98. The van der Waals surface area contributed by atoms with Gasteiger partial charge < -0.3 is 10.2 Å². The molecular formula is C25H29N3O3. The Hall–Kier alpha value is -3.02. The molecular weight excluding hydrogens is 390 g/mol. The zero-order valence-corrected chi connectivity index (χ0v) is 18.1. The van der Waals surface area contributed by atoms with Gasteiger partial charge in [-0.2, -0.15) is 0 Å². The lowest BCUT2D eigenvalue weighted by Gasteiger charge is -2.31. The number of ketones is 1. The van der Waals surface area contributed by atoms with Crippen LogP contribution in [0.5, 0.6) is 0 Å². The molecule has 0 bridgehead atoms. The maximum absolute atomic E-state index is 12.9. The molecule has 2 aliphatic heterocycles. The number of nitrogens with one attached hydrogen (secondary N) is 1. The van der Waals surface area contributed by atoms with Crippen molar-refractivity contribution in [3.63, 3.8) is 0 Å². The number of carbonyl (C=O) groups is 3. The highest BCUT2D eigenvalue weighted by Crippen LogP contribution is 2.30. The van der Waals surface area contributed by atoms with Crippen LogP contribution < -0.4 is 5.32 Å². The van der Waals surface area contributed by atoms with E-state index in [1.165, 1.54) is 0 Å². The van der Waals surface area contributed by atoms with Gasteiger partial charge in [0, 0.05) is 37.3 Å². The minimum atomic E-state index is -0.238. The summed E-state index contributed by atoms with van der Waals surface area (Å²) < 4.78 is 0. The van der Waals surface area contributed by atoms with Crippen molar-refractivity contribution in [3.8, 4) is 0 Å². The van der Waals surface area contributed by atoms with Crippen molar-refractivity contribution in [1.29, 1.82) is 0 Å². The average Bonchev–Trinajstić information content (AvgIpc) is 3.19. The van der Waals surface area contributed by atoms with Gasteiger partial charge in [-0.15, -0.1) is 0 Å². The number of amides is 2. The van der Waals surface area contributed by atoms with Gasteiger partial charge in [-0.05, 0) is 37.8 Å². The molecule has 0 aliphatic carbocycles. The number of benzene rings is 1. The van der Waals surface area contributed by atoms with Gasteiger partial charge in [-0.25, -0.2) is 0 Å². The fraction of sp³-hybridized carbons (Fsp3) is 0.440. The molecule has 162 valence electrons. The van der Waals surface area contributed by atoms with E-state index >= 15 is 0 Å². The second-order valence-corrected chi connectivity index (χ2v) is 8.66. The summed E-state index contributed by atoms with van der Waals surface area (Å²) in [6.45, 7) is 5.88. The first kappa shape index (κ1) is 21.2. The Morgan fingerprint density at radius 3 is 2.35 bits per heavy atom. The quantitative estimate of drug-likeness (QED) is 0.754. The molecule has 0 saturated carbocycles. The molecule has 0 radical (unpaired) electrons. The van der Waals surface area contributed by atoms with Gasteiger partial charge in [0.25, 0.3) is 5.91 Å². The SMILES string of the molecule is CCC1CNC(=O)[C@H]1c1ccc(C(=O)N2CCC(C(=O)c3ccc(C)cc3)CC2)cn1. The van der Waals surface area contributed by atoms with Crippen LogP contribution in [0.1, 0.15) is 64.1 Å². The van der Waals surface area contributed by atoms with Crippen LogP contribution in [0.3, 0.4) is 0 Å². The molecule has 0 spiro atoms. The summed E-state index contributed by atoms with van der Waals surface area (Å²) in [7, 11) is 0. The third-order valence-corrected chi connectivity index (χ3v) is 6.66. The molecule has 3 heterocycles. The number of aryl methyl sites for hydroxylation is 1. The van der Waals surface area contributed by atoms with Crippen molar-refractivity contribution in [3.05, 3.63) is 65.0 Å². The minimum absolute atomic E-state index is 0.0127. The fourth-order valence-electron chi connectivity index (χ4n) is 4.63. The van der Waals surface area contributed by atoms with Crippen molar-refractivity contribution < 1.29 is 14.4 Å². The molecule has 1 unspecified atom stereocenters. The Morgan fingerprint density at radius 1 is 1.06 bits per heavy atom.